The molecule has 1 unspecified atom stereocenters. The fourth-order valence-corrected chi connectivity index (χ4v) is 3.21. The summed E-state index contributed by atoms with van der Waals surface area (Å²) < 4.78 is 16.2. The molecule has 10 heteroatoms. The molecule has 0 aromatic heterocycles. The van der Waals surface area contributed by atoms with E-state index in [-0.39, 0.29) is 23.9 Å². The van der Waals surface area contributed by atoms with Crippen molar-refractivity contribution in [2.75, 3.05) is 31.0 Å². The van der Waals surface area contributed by atoms with Crippen LogP contribution in [0.5, 0.6) is 17.2 Å². The van der Waals surface area contributed by atoms with E-state index in [1.807, 2.05) is 0 Å². The molecular formula is C21H23N3O7. The highest BCUT2D eigenvalue weighted by atomic mass is 16.6. The fourth-order valence-electron chi connectivity index (χ4n) is 3.21. The van der Waals surface area contributed by atoms with Gasteiger partial charge in [0.05, 0.1) is 36.6 Å². The number of amides is 2. The first-order valence-corrected chi connectivity index (χ1v) is 9.53. The van der Waals surface area contributed by atoms with Crippen molar-refractivity contribution >= 4 is 28.9 Å². The first kappa shape index (κ1) is 21.9. The fraction of sp³-hybridized carbons (Fsp3) is 0.333. The SMILES string of the molecule is COc1ccc(NC(=O)CN2C(=O)C(C(C)C)Oc3cc([N+](=O)[O-])ccc32)c(OC)c1. The van der Waals surface area contributed by atoms with Crippen molar-refractivity contribution in [3.8, 4) is 17.2 Å². The third-order valence-corrected chi connectivity index (χ3v) is 4.80. The standard InChI is InChI=1S/C21H23N3O7/c1-12(2)20-21(26)23(16-8-5-13(24(27)28)9-18(16)31-20)11-19(25)22-15-7-6-14(29-3)10-17(15)30-4/h5-10,12,20H,11H2,1-4H3,(H,22,25). The topological polar surface area (TPSA) is 120 Å². The van der Waals surface area contributed by atoms with Crippen LogP contribution in [0.25, 0.3) is 0 Å². The first-order chi connectivity index (χ1) is 14.7. The summed E-state index contributed by atoms with van der Waals surface area (Å²) in [7, 11) is 2.98. The smallest absolute Gasteiger partial charge is 0.273 e. The van der Waals surface area contributed by atoms with Crippen molar-refractivity contribution in [3.63, 3.8) is 0 Å². The molecule has 164 valence electrons. The first-order valence-electron chi connectivity index (χ1n) is 9.53. The molecule has 10 nitrogen and oxygen atoms in total. The third kappa shape index (κ3) is 4.52. The van der Waals surface area contributed by atoms with Gasteiger partial charge in [0.2, 0.25) is 5.91 Å². The van der Waals surface area contributed by atoms with Crippen LogP contribution < -0.4 is 24.4 Å². The lowest BCUT2D eigenvalue weighted by Gasteiger charge is -2.35. The largest absolute Gasteiger partial charge is 0.497 e. The minimum atomic E-state index is -0.863. The van der Waals surface area contributed by atoms with Crippen LogP contribution in [0.1, 0.15) is 13.8 Å². The lowest BCUT2D eigenvalue weighted by atomic mass is 10.0. The molecule has 1 aliphatic heterocycles. The highest BCUT2D eigenvalue weighted by Gasteiger charge is 2.38. The Morgan fingerprint density at radius 1 is 1.23 bits per heavy atom. The van der Waals surface area contributed by atoms with E-state index in [1.54, 1.807) is 32.0 Å². The van der Waals surface area contributed by atoms with Gasteiger partial charge in [0.25, 0.3) is 11.6 Å². The molecule has 0 spiro atoms. The summed E-state index contributed by atoms with van der Waals surface area (Å²) in [6.45, 7) is 3.29. The summed E-state index contributed by atoms with van der Waals surface area (Å²) in [4.78, 5) is 37.6. The third-order valence-electron chi connectivity index (χ3n) is 4.80. The van der Waals surface area contributed by atoms with Gasteiger partial charge in [0, 0.05) is 12.1 Å². The summed E-state index contributed by atoms with van der Waals surface area (Å²) in [5, 5.41) is 13.8. The van der Waals surface area contributed by atoms with Crippen LogP contribution in [0, 0.1) is 16.0 Å². The molecule has 0 saturated carbocycles. The number of methoxy groups -OCH3 is 2. The van der Waals surface area contributed by atoms with Gasteiger partial charge in [-0.2, -0.15) is 0 Å². The second-order valence-corrected chi connectivity index (χ2v) is 7.23. The summed E-state index contributed by atoms with van der Waals surface area (Å²) in [5.74, 6) is 0.0822. The lowest BCUT2D eigenvalue weighted by Crippen LogP contribution is -2.50. The number of carbonyl (C=O) groups is 2. The van der Waals surface area contributed by atoms with Crippen molar-refractivity contribution in [3.05, 3.63) is 46.5 Å². The van der Waals surface area contributed by atoms with Gasteiger partial charge in [-0.1, -0.05) is 13.8 Å². The van der Waals surface area contributed by atoms with Crippen LogP contribution in [0.4, 0.5) is 17.1 Å². The van der Waals surface area contributed by atoms with E-state index in [2.05, 4.69) is 5.32 Å². The van der Waals surface area contributed by atoms with Crippen LogP contribution in [0.3, 0.4) is 0 Å². The number of hydrogen-bond donors (Lipinski definition) is 1. The number of non-ortho nitro benzene ring substituents is 1. The van der Waals surface area contributed by atoms with Crippen molar-refractivity contribution in [2.45, 2.75) is 20.0 Å². The zero-order chi connectivity index (χ0) is 22.7. The maximum absolute atomic E-state index is 13.0. The number of nitrogens with zero attached hydrogens (tertiary/aromatic N) is 2. The highest BCUT2D eigenvalue weighted by Crippen LogP contribution is 2.38. The Balaban J connectivity index is 1.88. The molecule has 1 N–H and O–H groups in total. The number of nitro benzene ring substituents is 1. The van der Waals surface area contributed by atoms with Crippen LogP contribution in [0.2, 0.25) is 0 Å². The number of rotatable bonds is 7. The van der Waals surface area contributed by atoms with E-state index in [9.17, 15) is 19.7 Å². The number of hydrogen-bond acceptors (Lipinski definition) is 7. The summed E-state index contributed by atoms with van der Waals surface area (Å²) in [6.07, 6.45) is -0.863. The van der Waals surface area contributed by atoms with Gasteiger partial charge in [-0.25, -0.2) is 0 Å². The van der Waals surface area contributed by atoms with Gasteiger partial charge >= 0.3 is 0 Å². The van der Waals surface area contributed by atoms with E-state index in [0.717, 1.165) is 0 Å². The predicted octanol–water partition coefficient (Wildman–Crippen LogP) is 3.00. The number of nitrogens with one attached hydrogen (secondary N) is 1. The Morgan fingerprint density at radius 2 is 1.97 bits per heavy atom. The lowest BCUT2D eigenvalue weighted by molar-refractivity contribution is -0.384. The molecule has 0 fully saturated rings. The number of benzene rings is 2. The number of anilines is 2. The normalized spacial score (nSPS) is 15.2. The molecule has 0 radical (unpaired) electrons. The van der Waals surface area contributed by atoms with Crippen molar-refractivity contribution < 1.29 is 28.7 Å². The minimum absolute atomic E-state index is 0.164. The number of ether oxygens (including phenoxy) is 3. The maximum atomic E-state index is 13.0. The van der Waals surface area contributed by atoms with Crippen LogP contribution in [0.15, 0.2) is 36.4 Å². The van der Waals surface area contributed by atoms with Gasteiger partial charge in [-0.05, 0) is 24.1 Å². The average Bonchev–Trinajstić information content (AvgIpc) is 2.75. The zero-order valence-electron chi connectivity index (χ0n) is 17.6. The second-order valence-electron chi connectivity index (χ2n) is 7.23. The van der Waals surface area contributed by atoms with Crippen LogP contribution in [-0.2, 0) is 9.59 Å². The molecule has 2 amide bonds. The molecule has 2 aromatic rings. The van der Waals surface area contributed by atoms with Gasteiger partial charge < -0.3 is 19.5 Å². The highest BCUT2D eigenvalue weighted by molar-refractivity contribution is 6.06. The maximum Gasteiger partial charge on any atom is 0.273 e. The van der Waals surface area contributed by atoms with Crippen LogP contribution >= 0.6 is 0 Å². The van der Waals surface area contributed by atoms with E-state index < -0.39 is 22.8 Å². The molecule has 2 aromatic carbocycles. The molecule has 3 rings (SSSR count). The van der Waals surface area contributed by atoms with Crippen LogP contribution in [-0.4, -0.2) is 43.6 Å². The number of nitro groups is 1. The number of carbonyl (C=O) groups excluding carboxylic acids is 2. The van der Waals surface area contributed by atoms with E-state index in [0.29, 0.717) is 22.9 Å². The monoisotopic (exact) mass is 429 g/mol. The summed E-state index contributed by atoms with van der Waals surface area (Å²) in [6, 6.07) is 8.85. The second kappa shape index (κ2) is 8.90. The van der Waals surface area contributed by atoms with E-state index in [4.69, 9.17) is 14.2 Å². The Bertz CT molecular complexity index is 1020. The van der Waals surface area contributed by atoms with Crippen molar-refractivity contribution in [2.24, 2.45) is 5.92 Å². The summed E-state index contributed by atoms with van der Waals surface area (Å²) in [5.41, 5.74) is 0.547. The van der Waals surface area contributed by atoms with E-state index in [1.165, 1.54) is 37.3 Å². The minimum Gasteiger partial charge on any atom is -0.497 e. The molecule has 31 heavy (non-hydrogen) atoms. The molecule has 1 atom stereocenters. The van der Waals surface area contributed by atoms with Gasteiger partial charge in [-0.15, -0.1) is 0 Å². The molecular weight excluding hydrogens is 406 g/mol. The molecule has 0 aliphatic carbocycles. The molecule has 1 aliphatic rings. The molecule has 0 saturated heterocycles. The Labute approximate surface area is 178 Å². The van der Waals surface area contributed by atoms with Gasteiger partial charge in [0.1, 0.15) is 18.0 Å². The quantitative estimate of drug-likeness (QED) is 0.530. The summed E-state index contributed by atoms with van der Waals surface area (Å²) >= 11 is 0. The van der Waals surface area contributed by atoms with Gasteiger partial charge in [-0.3, -0.25) is 24.6 Å². The van der Waals surface area contributed by atoms with Crippen molar-refractivity contribution in [1.29, 1.82) is 0 Å². The Morgan fingerprint density at radius 3 is 2.58 bits per heavy atom. The van der Waals surface area contributed by atoms with Crippen molar-refractivity contribution in [1.82, 2.24) is 0 Å². The van der Waals surface area contributed by atoms with E-state index >= 15 is 0 Å². The predicted molar refractivity (Wildman–Crippen MR) is 113 cm³/mol. The molecule has 1 heterocycles. The number of fused-ring (bicyclic) bond motifs is 1. The van der Waals surface area contributed by atoms with Gasteiger partial charge in [0.15, 0.2) is 11.9 Å². The zero-order valence-corrected chi connectivity index (χ0v) is 17.6. The average molecular weight is 429 g/mol. The Hall–Kier alpha value is -3.82. The Kier molecular flexibility index (Phi) is 6.28. The molecule has 0 bridgehead atoms.